The van der Waals surface area contributed by atoms with Crippen LogP contribution in [0, 0.1) is 6.92 Å². The second kappa shape index (κ2) is 6.39. The van der Waals surface area contributed by atoms with Gasteiger partial charge in [0.05, 0.1) is 0 Å². The zero-order valence-corrected chi connectivity index (χ0v) is 12.5. The van der Waals surface area contributed by atoms with E-state index in [2.05, 4.69) is 29.1 Å². The van der Waals surface area contributed by atoms with Gasteiger partial charge >= 0.3 is 5.91 Å². The average molecular weight is 280 g/mol. The number of carbonyl (C=O) groups excluding carboxylic acids is 1. The molecule has 0 spiro atoms. The van der Waals surface area contributed by atoms with Crippen LogP contribution in [0.2, 0.25) is 0 Å². The number of hydrogen-bond acceptors (Lipinski definition) is 5. The van der Waals surface area contributed by atoms with Gasteiger partial charge in [-0.1, -0.05) is 0 Å². The smallest absolute Gasteiger partial charge is 0.300 e. The van der Waals surface area contributed by atoms with Crippen LogP contribution in [0.4, 0.5) is 0 Å². The fourth-order valence-corrected chi connectivity index (χ4v) is 2.54. The van der Waals surface area contributed by atoms with Crippen molar-refractivity contribution < 1.29 is 9.21 Å². The highest BCUT2D eigenvalue weighted by Gasteiger charge is 2.21. The van der Waals surface area contributed by atoms with Crippen LogP contribution in [0.1, 0.15) is 35.7 Å². The van der Waals surface area contributed by atoms with Crippen molar-refractivity contribution in [3.05, 3.63) is 23.2 Å². The summed E-state index contributed by atoms with van der Waals surface area (Å²) in [6, 6.07) is 2.39. The molecule has 1 amide bonds. The summed E-state index contributed by atoms with van der Waals surface area (Å²) < 4.78 is 5.44. The topological polar surface area (TPSA) is 74.7 Å². The first-order valence-electron chi connectivity index (χ1n) is 7.08. The monoisotopic (exact) mass is 280 g/mol. The molecule has 0 bridgehead atoms. The quantitative estimate of drug-likeness (QED) is 0.483. The highest BCUT2D eigenvalue weighted by Crippen LogP contribution is 2.18. The fourth-order valence-electron chi connectivity index (χ4n) is 2.54. The van der Waals surface area contributed by atoms with E-state index in [-0.39, 0.29) is 11.7 Å². The lowest BCUT2D eigenvalue weighted by Gasteiger charge is -2.36. The van der Waals surface area contributed by atoms with Crippen LogP contribution in [0.3, 0.4) is 0 Å². The zero-order chi connectivity index (χ0) is 14.7. The summed E-state index contributed by atoms with van der Waals surface area (Å²) in [5, 5.41) is 0. The highest BCUT2D eigenvalue weighted by molar-refractivity contribution is 5.91. The number of aryl methyl sites for hydroxylation is 1. The Morgan fingerprint density at radius 3 is 2.60 bits per heavy atom. The van der Waals surface area contributed by atoms with Crippen molar-refractivity contribution >= 4 is 5.91 Å². The van der Waals surface area contributed by atoms with Gasteiger partial charge in [-0.05, 0) is 26.8 Å². The Balaban J connectivity index is 1.94. The Morgan fingerprint density at radius 2 is 2.05 bits per heavy atom. The number of nitrogens with two attached hydrogens (primary N) is 1. The standard InChI is InChI=1S/C14H24N4O2/c1-10(2)18-6-4-17(5-7-18)9-12-8-13(14(19)16-15)20-11(12)3/h8,10H,4-7,9,15H2,1-3H3,(H,16,19). The minimum Gasteiger partial charge on any atom is -0.456 e. The number of furan rings is 1. The van der Waals surface area contributed by atoms with E-state index in [0.29, 0.717) is 6.04 Å². The highest BCUT2D eigenvalue weighted by atomic mass is 16.4. The fraction of sp³-hybridized carbons (Fsp3) is 0.643. The predicted molar refractivity (Wildman–Crippen MR) is 77.1 cm³/mol. The molecule has 0 aliphatic carbocycles. The van der Waals surface area contributed by atoms with E-state index in [1.54, 1.807) is 6.07 Å². The second-order valence-electron chi connectivity index (χ2n) is 5.57. The van der Waals surface area contributed by atoms with E-state index >= 15 is 0 Å². The number of carbonyl (C=O) groups is 1. The first-order chi connectivity index (χ1) is 9.51. The number of hydrogen-bond donors (Lipinski definition) is 2. The molecule has 0 saturated carbocycles. The largest absolute Gasteiger partial charge is 0.456 e. The van der Waals surface area contributed by atoms with E-state index in [9.17, 15) is 4.79 Å². The molecular weight excluding hydrogens is 256 g/mol. The summed E-state index contributed by atoms with van der Waals surface area (Å²) in [5.41, 5.74) is 3.15. The SMILES string of the molecule is Cc1oc(C(=O)NN)cc1CN1CCN(C(C)C)CC1. The lowest BCUT2D eigenvalue weighted by Crippen LogP contribution is -2.48. The third kappa shape index (κ3) is 3.39. The molecule has 1 saturated heterocycles. The van der Waals surface area contributed by atoms with E-state index < -0.39 is 0 Å². The number of hydrazine groups is 1. The maximum atomic E-state index is 11.4. The molecule has 0 atom stereocenters. The number of amides is 1. The van der Waals surface area contributed by atoms with Gasteiger partial charge in [-0.3, -0.25) is 20.0 Å². The van der Waals surface area contributed by atoms with Gasteiger partial charge < -0.3 is 4.42 Å². The Kier molecular flexibility index (Phi) is 4.80. The average Bonchev–Trinajstić information content (AvgIpc) is 2.80. The van der Waals surface area contributed by atoms with Gasteiger partial charge in [0, 0.05) is 44.3 Å². The molecule has 1 fully saturated rings. The Labute approximate surface area is 119 Å². The maximum Gasteiger partial charge on any atom is 0.300 e. The number of nitrogens with one attached hydrogen (secondary N) is 1. The minimum atomic E-state index is -0.385. The molecule has 0 unspecified atom stereocenters. The van der Waals surface area contributed by atoms with Gasteiger partial charge in [0.1, 0.15) is 5.76 Å². The number of piperazine rings is 1. The Morgan fingerprint density at radius 1 is 1.40 bits per heavy atom. The molecule has 6 heteroatoms. The van der Waals surface area contributed by atoms with Crippen LogP contribution in [0.5, 0.6) is 0 Å². The number of nitrogens with zero attached hydrogens (tertiary/aromatic N) is 2. The van der Waals surface area contributed by atoms with E-state index in [0.717, 1.165) is 44.0 Å². The predicted octanol–water partition coefficient (Wildman–Crippen LogP) is 0.718. The van der Waals surface area contributed by atoms with Crippen LogP contribution in [-0.4, -0.2) is 47.9 Å². The molecule has 3 N–H and O–H groups in total. The molecule has 112 valence electrons. The number of nitrogen functional groups attached to an aromatic ring is 1. The van der Waals surface area contributed by atoms with Crippen LogP contribution in [0.25, 0.3) is 0 Å². The van der Waals surface area contributed by atoms with Crippen molar-refractivity contribution in [1.29, 1.82) is 0 Å². The molecule has 2 heterocycles. The summed E-state index contributed by atoms with van der Waals surface area (Å²) in [6.45, 7) is 11.4. The summed E-state index contributed by atoms with van der Waals surface area (Å²) in [5.74, 6) is 5.80. The number of rotatable bonds is 4. The van der Waals surface area contributed by atoms with Crippen LogP contribution >= 0.6 is 0 Å². The summed E-state index contributed by atoms with van der Waals surface area (Å²) in [6.07, 6.45) is 0. The van der Waals surface area contributed by atoms with Crippen molar-refractivity contribution in [3.63, 3.8) is 0 Å². The lowest BCUT2D eigenvalue weighted by molar-refractivity contribution is 0.0924. The summed E-state index contributed by atoms with van der Waals surface area (Å²) in [7, 11) is 0. The zero-order valence-electron chi connectivity index (χ0n) is 12.5. The third-order valence-corrected chi connectivity index (χ3v) is 3.91. The molecule has 6 nitrogen and oxygen atoms in total. The first kappa shape index (κ1) is 15.0. The van der Waals surface area contributed by atoms with Crippen molar-refractivity contribution in [2.45, 2.75) is 33.4 Å². The molecule has 0 radical (unpaired) electrons. The van der Waals surface area contributed by atoms with Crippen LogP contribution in [0.15, 0.2) is 10.5 Å². The summed E-state index contributed by atoms with van der Waals surface area (Å²) in [4.78, 5) is 16.3. The maximum absolute atomic E-state index is 11.4. The normalized spacial score (nSPS) is 17.6. The second-order valence-corrected chi connectivity index (χ2v) is 5.57. The van der Waals surface area contributed by atoms with Crippen LogP contribution in [-0.2, 0) is 6.54 Å². The first-order valence-corrected chi connectivity index (χ1v) is 7.08. The van der Waals surface area contributed by atoms with E-state index in [4.69, 9.17) is 10.3 Å². The lowest BCUT2D eigenvalue weighted by atomic mass is 10.2. The van der Waals surface area contributed by atoms with E-state index in [1.165, 1.54) is 0 Å². The molecule has 20 heavy (non-hydrogen) atoms. The molecular formula is C14H24N4O2. The Bertz CT molecular complexity index is 462. The van der Waals surface area contributed by atoms with Gasteiger partial charge in [0.2, 0.25) is 0 Å². The van der Waals surface area contributed by atoms with Crippen molar-refractivity contribution in [2.24, 2.45) is 5.84 Å². The molecule has 1 aromatic heterocycles. The van der Waals surface area contributed by atoms with Gasteiger partial charge in [-0.25, -0.2) is 5.84 Å². The van der Waals surface area contributed by atoms with Gasteiger partial charge in [-0.2, -0.15) is 0 Å². The third-order valence-electron chi connectivity index (χ3n) is 3.91. The van der Waals surface area contributed by atoms with E-state index in [1.807, 2.05) is 6.92 Å². The van der Waals surface area contributed by atoms with Crippen LogP contribution < -0.4 is 11.3 Å². The van der Waals surface area contributed by atoms with Crippen molar-refractivity contribution in [3.8, 4) is 0 Å². The molecule has 0 aromatic carbocycles. The minimum absolute atomic E-state index is 0.279. The molecule has 1 aromatic rings. The van der Waals surface area contributed by atoms with Crippen molar-refractivity contribution in [1.82, 2.24) is 15.2 Å². The van der Waals surface area contributed by atoms with Gasteiger partial charge in [0.15, 0.2) is 5.76 Å². The molecule has 1 aliphatic rings. The summed E-state index contributed by atoms with van der Waals surface area (Å²) >= 11 is 0. The Hall–Kier alpha value is -1.37. The van der Waals surface area contributed by atoms with Gasteiger partial charge in [-0.15, -0.1) is 0 Å². The van der Waals surface area contributed by atoms with Gasteiger partial charge in [0.25, 0.3) is 0 Å². The molecule has 1 aliphatic heterocycles. The van der Waals surface area contributed by atoms with Crippen molar-refractivity contribution in [2.75, 3.05) is 26.2 Å². The molecule has 2 rings (SSSR count).